The van der Waals surface area contributed by atoms with Crippen molar-refractivity contribution in [3.63, 3.8) is 0 Å². The first-order chi connectivity index (χ1) is 15.7. The molecule has 10 heteroatoms. The number of rotatable bonds is 7. The van der Waals surface area contributed by atoms with Crippen molar-refractivity contribution in [2.75, 3.05) is 19.0 Å². The van der Waals surface area contributed by atoms with Gasteiger partial charge in [0.05, 0.1) is 18.6 Å². The van der Waals surface area contributed by atoms with Crippen LogP contribution in [0.1, 0.15) is 62.0 Å². The lowest BCUT2D eigenvalue weighted by Gasteiger charge is -2.14. The van der Waals surface area contributed by atoms with Crippen LogP contribution < -0.4 is 10.6 Å². The van der Waals surface area contributed by atoms with E-state index in [1.165, 1.54) is 19.2 Å². The molecule has 1 heterocycles. The van der Waals surface area contributed by atoms with E-state index in [1.54, 1.807) is 6.92 Å². The van der Waals surface area contributed by atoms with Crippen molar-refractivity contribution in [2.45, 2.75) is 46.0 Å². The Labute approximate surface area is 191 Å². The Hall–Kier alpha value is -3.56. The topological polar surface area (TPSA) is 151 Å². The number of phenols is 2. The molecule has 1 aliphatic carbocycles. The number of nitrogens with one attached hydrogen (secondary N) is 2. The maximum Gasteiger partial charge on any atom is 0.308 e. The van der Waals surface area contributed by atoms with Crippen molar-refractivity contribution >= 4 is 23.5 Å². The third kappa shape index (κ3) is 4.94. The molecule has 10 nitrogen and oxygen atoms in total. The predicted octanol–water partition coefficient (Wildman–Crippen LogP) is 3.15. The SMILES string of the molecule is CCNC(=O)c1noc(-c2cc(C(C)C)c(O)cc2O)c1NC(=O)[C@@H]1CC[C@H](C(=O)OC)C1. The largest absolute Gasteiger partial charge is 0.508 e. The van der Waals surface area contributed by atoms with Crippen LogP contribution in [0.3, 0.4) is 0 Å². The molecule has 1 aromatic carbocycles. The summed E-state index contributed by atoms with van der Waals surface area (Å²) in [6.07, 6.45) is 1.35. The summed E-state index contributed by atoms with van der Waals surface area (Å²) in [5.41, 5.74) is 0.603. The van der Waals surface area contributed by atoms with Crippen molar-refractivity contribution in [1.82, 2.24) is 10.5 Å². The fourth-order valence-corrected chi connectivity index (χ4v) is 4.05. The van der Waals surface area contributed by atoms with E-state index in [9.17, 15) is 24.6 Å². The molecule has 0 bridgehead atoms. The van der Waals surface area contributed by atoms with E-state index >= 15 is 0 Å². The number of hydrogen-bond donors (Lipinski definition) is 4. The lowest BCUT2D eigenvalue weighted by atomic mass is 9.97. The van der Waals surface area contributed by atoms with Gasteiger partial charge in [-0.25, -0.2) is 0 Å². The van der Waals surface area contributed by atoms with E-state index in [-0.39, 0.29) is 52.0 Å². The molecule has 2 amide bonds. The number of hydrogen-bond acceptors (Lipinski definition) is 8. The van der Waals surface area contributed by atoms with Gasteiger partial charge >= 0.3 is 5.97 Å². The van der Waals surface area contributed by atoms with Crippen molar-refractivity contribution < 1.29 is 33.9 Å². The number of carbonyl (C=O) groups excluding carboxylic acids is 3. The summed E-state index contributed by atoms with van der Waals surface area (Å²) in [6, 6.07) is 2.72. The fourth-order valence-electron chi connectivity index (χ4n) is 4.05. The molecule has 1 aromatic heterocycles. The lowest BCUT2D eigenvalue weighted by Crippen LogP contribution is -2.27. The monoisotopic (exact) mass is 459 g/mol. The minimum absolute atomic E-state index is 0.00785. The molecule has 0 saturated heterocycles. The Morgan fingerprint density at radius 1 is 1.18 bits per heavy atom. The van der Waals surface area contributed by atoms with Gasteiger partial charge in [0.2, 0.25) is 5.91 Å². The number of aromatic nitrogens is 1. The molecule has 0 unspecified atom stereocenters. The van der Waals surface area contributed by atoms with Crippen LogP contribution in [-0.2, 0) is 14.3 Å². The number of anilines is 1. The number of carbonyl (C=O) groups is 3. The zero-order valence-corrected chi connectivity index (χ0v) is 19.1. The molecular weight excluding hydrogens is 430 g/mol. The first kappa shape index (κ1) is 24.1. The van der Waals surface area contributed by atoms with Gasteiger partial charge in [-0.1, -0.05) is 19.0 Å². The second-order valence-electron chi connectivity index (χ2n) is 8.40. The summed E-state index contributed by atoms with van der Waals surface area (Å²) in [5, 5.41) is 29.8. The van der Waals surface area contributed by atoms with Crippen molar-refractivity contribution in [1.29, 1.82) is 0 Å². The minimum Gasteiger partial charge on any atom is -0.508 e. The number of benzene rings is 1. The average molecular weight is 459 g/mol. The molecule has 0 aliphatic heterocycles. The smallest absolute Gasteiger partial charge is 0.308 e. The molecule has 3 rings (SSSR count). The number of aromatic hydroxyl groups is 2. The molecule has 4 N–H and O–H groups in total. The van der Waals surface area contributed by atoms with Gasteiger partial charge in [-0.05, 0) is 43.7 Å². The summed E-state index contributed by atoms with van der Waals surface area (Å²) in [5.74, 6) is -2.56. The maximum atomic E-state index is 13.0. The zero-order valence-electron chi connectivity index (χ0n) is 19.1. The van der Waals surface area contributed by atoms with Gasteiger partial charge in [0.25, 0.3) is 5.91 Å². The van der Waals surface area contributed by atoms with Crippen LogP contribution in [0, 0.1) is 11.8 Å². The number of ether oxygens (including phenoxy) is 1. The third-order valence-electron chi connectivity index (χ3n) is 5.84. The number of phenolic OH excluding ortho intramolecular Hbond substituents is 2. The van der Waals surface area contributed by atoms with Crippen LogP contribution in [-0.4, -0.2) is 46.8 Å². The van der Waals surface area contributed by atoms with E-state index in [4.69, 9.17) is 9.26 Å². The van der Waals surface area contributed by atoms with Crippen molar-refractivity contribution in [3.05, 3.63) is 23.4 Å². The average Bonchev–Trinajstić information content (AvgIpc) is 3.41. The molecule has 0 radical (unpaired) electrons. The van der Waals surface area contributed by atoms with Gasteiger partial charge in [0.1, 0.15) is 17.2 Å². The van der Waals surface area contributed by atoms with E-state index < -0.39 is 17.7 Å². The number of esters is 1. The van der Waals surface area contributed by atoms with Crippen LogP contribution in [0.25, 0.3) is 11.3 Å². The van der Waals surface area contributed by atoms with Crippen LogP contribution in [0.4, 0.5) is 5.69 Å². The van der Waals surface area contributed by atoms with Gasteiger partial charge in [0.15, 0.2) is 11.5 Å². The third-order valence-corrected chi connectivity index (χ3v) is 5.84. The molecule has 1 aliphatic rings. The highest BCUT2D eigenvalue weighted by Gasteiger charge is 2.36. The Morgan fingerprint density at radius 3 is 2.52 bits per heavy atom. The van der Waals surface area contributed by atoms with Crippen LogP contribution in [0.2, 0.25) is 0 Å². The van der Waals surface area contributed by atoms with Crippen LogP contribution >= 0.6 is 0 Å². The first-order valence-corrected chi connectivity index (χ1v) is 10.9. The number of amides is 2. The highest BCUT2D eigenvalue weighted by Crippen LogP contribution is 2.42. The molecule has 1 saturated carbocycles. The molecule has 1 fully saturated rings. The predicted molar refractivity (Wildman–Crippen MR) is 119 cm³/mol. The highest BCUT2D eigenvalue weighted by atomic mass is 16.5. The van der Waals surface area contributed by atoms with Gasteiger partial charge < -0.3 is 30.1 Å². The van der Waals surface area contributed by atoms with Gasteiger partial charge in [-0.3, -0.25) is 14.4 Å². The Morgan fingerprint density at radius 2 is 1.88 bits per heavy atom. The van der Waals surface area contributed by atoms with E-state index in [0.29, 0.717) is 31.4 Å². The van der Waals surface area contributed by atoms with Crippen molar-refractivity contribution in [2.24, 2.45) is 11.8 Å². The second kappa shape index (κ2) is 9.93. The minimum atomic E-state index is -0.552. The van der Waals surface area contributed by atoms with E-state index in [0.717, 1.165) is 0 Å². The van der Waals surface area contributed by atoms with Crippen molar-refractivity contribution in [3.8, 4) is 22.8 Å². The lowest BCUT2D eigenvalue weighted by molar-refractivity contribution is -0.145. The normalized spacial score (nSPS) is 17.7. The molecule has 2 atom stereocenters. The first-order valence-electron chi connectivity index (χ1n) is 10.9. The quantitative estimate of drug-likeness (QED) is 0.461. The molecule has 33 heavy (non-hydrogen) atoms. The van der Waals surface area contributed by atoms with Crippen LogP contribution in [0.5, 0.6) is 11.5 Å². The maximum absolute atomic E-state index is 13.0. The standard InChI is InChI=1S/C23H29N3O7/c1-5-24-22(30)19-18(25-21(29)12-6-7-13(8-12)23(31)32-4)20(33-26-19)15-9-14(11(2)3)16(27)10-17(15)28/h9-13,27-28H,5-8H2,1-4H3,(H,24,30)(H,25,29)/t12-,13+/m1/s1. The Balaban J connectivity index is 1.99. The summed E-state index contributed by atoms with van der Waals surface area (Å²) in [6.45, 7) is 5.82. The highest BCUT2D eigenvalue weighted by molar-refractivity contribution is 6.06. The second-order valence-corrected chi connectivity index (χ2v) is 8.40. The van der Waals surface area contributed by atoms with Crippen LogP contribution in [0.15, 0.2) is 16.7 Å². The Kier molecular flexibility index (Phi) is 7.25. The molecule has 0 spiro atoms. The summed E-state index contributed by atoms with van der Waals surface area (Å²) in [4.78, 5) is 37.4. The van der Waals surface area contributed by atoms with Gasteiger partial charge in [-0.2, -0.15) is 0 Å². The van der Waals surface area contributed by atoms with Gasteiger partial charge in [0, 0.05) is 18.5 Å². The van der Waals surface area contributed by atoms with E-state index in [2.05, 4.69) is 15.8 Å². The Bertz CT molecular complexity index is 1060. The molecule has 2 aromatic rings. The summed E-state index contributed by atoms with van der Waals surface area (Å²) >= 11 is 0. The summed E-state index contributed by atoms with van der Waals surface area (Å²) in [7, 11) is 1.31. The molecule has 178 valence electrons. The molecular formula is C23H29N3O7. The van der Waals surface area contributed by atoms with Gasteiger partial charge in [-0.15, -0.1) is 0 Å². The zero-order chi connectivity index (χ0) is 24.3. The van der Waals surface area contributed by atoms with E-state index in [1.807, 2.05) is 13.8 Å². The number of methoxy groups -OCH3 is 1. The number of nitrogens with zero attached hydrogens (tertiary/aromatic N) is 1. The fraction of sp³-hybridized carbons (Fsp3) is 0.478. The summed E-state index contributed by atoms with van der Waals surface area (Å²) < 4.78 is 10.2.